The number of carbonyl (C=O) groups excluding carboxylic acids is 1. The Bertz CT molecular complexity index is 261. The first-order chi connectivity index (χ1) is 8.13. The van der Waals surface area contributed by atoms with Crippen molar-refractivity contribution in [3.8, 4) is 0 Å². The summed E-state index contributed by atoms with van der Waals surface area (Å²) in [4.78, 5) is 13.9. The van der Waals surface area contributed by atoms with Crippen LogP contribution in [0, 0.1) is 11.3 Å². The van der Waals surface area contributed by atoms with E-state index in [1.165, 1.54) is 19.1 Å². The maximum atomic E-state index is 11.5. The van der Waals surface area contributed by atoms with E-state index in [1.54, 1.807) is 0 Å². The van der Waals surface area contributed by atoms with Gasteiger partial charge in [0.2, 0.25) is 0 Å². The van der Waals surface area contributed by atoms with Crippen LogP contribution in [0.3, 0.4) is 0 Å². The minimum atomic E-state index is -0.122. The smallest absolute Gasteiger partial charge is 0.127 e. The molecule has 0 aromatic rings. The molecule has 2 fully saturated rings. The summed E-state index contributed by atoms with van der Waals surface area (Å²) < 4.78 is 0. The first-order valence-electron chi connectivity index (χ1n) is 7.00. The molecule has 1 heterocycles. The van der Waals surface area contributed by atoms with Crippen molar-refractivity contribution >= 4 is 6.29 Å². The Morgan fingerprint density at radius 1 is 1.35 bits per heavy atom. The molecule has 2 unspecified atom stereocenters. The van der Waals surface area contributed by atoms with Crippen molar-refractivity contribution in [2.75, 3.05) is 19.6 Å². The Hall–Kier alpha value is -0.410. The number of hydrogen-bond acceptors (Lipinski definition) is 3. The molecule has 17 heavy (non-hydrogen) atoms. The normalized spacial score (nSPS) is 36.9. The van der Waals surface area contributed by atoms with Gasteiger partial charge in [0.1, 0.15) is 6.29 Å². The lowest BCUT2D eigenvalue weighted by molar-refractivity contribution is -0.120. The zero-order valence-corrected chi connectivity index (χ0v) is 10.9. The fourth-order valence-electron chi connectivity index (χ4n) is 3.51. The molecular formula is C14H25NO2. The number of aliphatic hydroxyl groups is 1. The number of hydrogen-bond donors (Lipinski definition) is 1. The fourth-order valence-corrected chi connectivity index (χ4v) is 3.51. The van der Waals surface area contributed by atoms with Gasteiger partial charge in [-0.3, -0.25) is 0 Å². The van der Waals surface area contributed by atoms with E-state index in [1.807, 2.05) is 0 Å². The molecule has 98 valence electrons. The van der Waals surface area contributed by atoms with Gasteiger partial charge in [0.15, 0.2) is 0 Å². The zero-order chi connectivity index (χ0) is 12.3. The van der Waals surface area contributed by atoms with Crippen LogP contribution in [0.15, 0.2) is 0 Å². The molecule has 1 saturated heterocycles. The van der Waals surface area contributed by atoms with Crippen LogP contribution in [0.2, 0.25) is 0 Å². The zero-order valence-electron chi connectivity index (χ0n) is 10.9. The van der Waals surface area contributed by atoms with E-state index in [2.05, 4.69) is 11.8 Å². The van der Waals surface area contributed by atoms with E-state index in [9.17, 15) is 9.90 Å². The van der Waals surface area contributed by atoms with Crippen molar-refractivity contribution in [1.82, 2.24) is 4.90 Å². The van der Waals surface area contributed by atoms with E-state index in [0.717, 1.165) is 45.3 Å². The summed E-state index contributed by atoms with van der Waals surface area (Å²) in [5.74, 6) is 0.685. The average molecular weight is 239 g/mol. The monoisotopic (exact) mass is 239 g/mol. The highest BCUT2D eigenvalue weighted by Crippen LogP contribution is 2.38. The summed E-state index contributed by atoms with van der Waals surface area (Å²) in [6.07, 6.45) is 7.40. The lowest BCUT2D eigenvalue weighted by Crippen LogP contribution is -2.45. The summed E-state index contributed by atoms with van der Waals surface area (Å²) in [5.41, 5.74) is -0.0973. The first-order valence-corrected chi connectivity index (χ1v) is 7.00. The summed E-state index contributed by atoms with van der Waals surface area (Å²) in [6, 6.07) is 0. The number of piperidine rings is 1. The highest BCUT2D eigenvalue weighted by atomic mass is 16.3. The molecule has 0 spiro atoms. The molecule has 0 aromatic heterocycles. The van der Waals surface area contributed by atoms with Crippen LogP contribution < -0.4 is 0 Å². The molecule has 0 aromatic carbocycles. The van der Waals surface area contributed by atoms with Crippen molar-refractivity contribution in [2.45, 2.75) is 51.6 Å². The molecule has 1 aliphatic carbocycles. The number of nitrogens with zero attached hydrogens (tertiary/aromatic N) is 1. The Kier molecular flexibility index (Phi) is 4.21. The molecule has 2 aliphatic rings. The minimum absolute atomic E-state index is 0.0973. The topological polar surface area (TPSA) is 40.5 Å². The molecule has 3 nitrogen and oxygen atoms in total. The van der Waals surface area contributed by atoms with Crippen molar-refractivity contribution in [2.24, 2.45) is 11.3 Å². The van der Waals surface area contributed by atoms with Gasteiger partial charge in [-0.1, -0.05) is 19.8 Å². The molecule has 0 amide bonds. The third-order valence-corrected chi connectivity index (χ3v) is 4.47. The number of carbonyl (C=O) groups is 1. The Morgan fingerprint density at radius 2 is 2.06 bits per heavy atom. The Balaban J connectivity index is 1.92. The largest absolute Gasteiger partial charge is 0.393 e. The highest BCUT2D eigenvalue weighted by Gasteiger charge is 2.36. The number of likely N-dealkylation sites (tertiary alicyclic amines) is 1. The van der Waals surface area contributed by atoms with Gasteiger partial charge in [-0.2, -0.15) is 0 Å². The Labute approximate surface area is 104 Å². The maximum Gasteiger partial charge on any atom is 0.127 e. The van der Waals surface area contributed by atoms with E-state index in [4.69, 9.17) is 0 Å². The van der Waals surface area contributed by atoms with E-state index >= 15 is 0 Å². The Morgan fingerprint density at radius 3 is 2.65 bits per heavy atom. The highest BCUT2D eigenvalue weighted by molar-refractivity contribution is 5.60. The van der Waals surface area contributed by atoms with Gasteiger partial charge in [0, 0.05) is 25.0 Å². The van der Waals surface area contributed by atoms with Crippen molar-refractivity contribution < 1.29 is 9.90 Å². The molecule has 3 heteroatoms. The maximum absolute atomic E-state index is 11.5. The average Bonchev–Trinajstić information content (AvgIpc) is 2.32. The molecular weight excluding hydrogens is 214 g/mol. The molecule has 1 N–H and O–H groups in total. The van der Waals surface area contributed by atoms with Gasteiger partial charge >= 0.3 is 0 Å². The summed E-state index contributed by atoms with van der Waals surface area (Å²) in [7, 11) is 0. The number of aldehydes is 1. The van der Waals surface area contributed by atoms with Gasteiger partial charge < -0.3 is 14.8 Å². The van der Waals surface area contributed by atoms with Crippen LogP contribution >= 0.6 is 0 Å². The molecule has 0 bridgehead atoms. The van der Waals surface area contributed by atoms with E-state index < -0.39 is 0 Å². The van der Waals surface area contributed by atoms with Gasteiger partial charge in [0.25, 0.3) is 0 Å². The second-order valence-electron chi connectivity index (χ2n) is 6.19. The van der Waals surface area contributed by atoms with Crippen LogP contribution in [0.4, 0.5) is 0 Å². The quantitative estimate of drug-likeness (QED) is 0.764. The standard InChI is InChI=1S/C14H25NO2/c1-12-3-2-6-14(9-12,11-16)10-15-7-4-13(17)5-8-15/h11-13,17H,2-10H2,1H3. The molecule has 2 atom stereocenters. The van der Waals surface area contributed by atoms with Crippen LogP contribution in [0.1, 0.15) is 45.4 Å². The van der Waals surface area contributed by atoms with Crippen LogP contribution in [0.25, 0.3) is 0 Å². The molecule has 2 rings (SSSR count). The van der Waals surface area contributed by atoms with Gasteiger partial charge in [0.05, 0.1) is 6.10 Å². The van der Waals surface area contributed by atoms with Gasteiger partial charge in [-0.25, -0.2) is 0 Å². The second kappa shape index (κ2) is 5.49. The fraction of sp³-hybridized carbons (Fsp3) is 0.929. The van der Waals surface area contributed by atoms with Gasteiger partial charge in [-0.05, 0) is 31.6 Å². The SMILES string of the molecule is CC1CCCC(C=O)(CN2CCC(O)CC2)C1. The minimum Gasteiger partial charge on any atom is -0.393 e. The third-order valence-electron chi connectivity index (χ3n) is 4.47. The van der Waals surface area contributed by atoms with Crippen LogP contribution in [-0.4, -0.2) is 42.0 Å². The third kappa shape index (κ3) is 3.29. The van der Waals surface area contributed by atoms with E-state index in [-0.39, 0.29) is 11.5 Å². The van der Waals surface area contributed by atoms with Crippen LogP contribution in [-0.2, 0) is 4.79 Å². The predicted octanol–water partition coefficient (Wildman–Crippen LogP) is 1.84. The van der Waals surface area contributed by atoms with Crippen molar-refractivity contribution in [1.29, 1.82) is 0 Å². The predicted molar refractivity (Wildman–Crippen MR) is 67.8 cm³/mol. The molecule has 1 saturated carbocycles. The summed E-state index contributed by atoms with van der Waals surface area (Å²) in [6.45, 7) is 5.07. The lowest BCUT2D eigenvalue weighted by Gasteiger charge is -2.41. The van der Waals surface area contributed by atoms with Crippen LogP contribution in [0.5, 0.6) is 0 Å². The summed E-state index contributed by atoms with van der Waals surface area (Å²) >= 11 is 0. The van der Waals surface area contributed by atoms with Gasteiger partial charge in [-0.15, -0.1) is 0 Å². The molecule has 1 aliphatic heterocycles. The first kappa shape index (κ1) is 13.0. The van der Waals surface area contributed by atoms with Crippen molar-refractivity contribution in [3.05, 3.63) is 0 Å². The second-order valence-corrected chi connectivity index (χ2v) is 6.19. The molecule has 0 radical (unpaired) electrons. The van der Waals surface area contributed by atoms with E-state index in [0.29, 0.717) is 5.92 Å². The van der Waals surface area contributed by atoms with Crippen molar-refractivity contribution in [3.63, 3.8) is 0 Å². The number of aliphatic hydroxyl groups excluding tert-OH is 1. The number of rotatable bonds is 3. The summed E-state index contributed by atoms with van der Waals surface area (Å²) in [5, 5.41) is 9.50. The lowest BCUT2D eigenvalue weighted by atomic mass is 9.70.